The minimum Gasteiger partial charge on any atom is -0.388 e. The molecule has 80 valence electrons. The molecule has 2 saturated carbocycles. The predicted octanol–water partition coefficient (Wildman–Crippen LogP) is 1.20. The van der Waals surface area contributed by atoms with Gasteiger partial charge in [0.05, 0.1) is 5.69 Å². The Morgan fingerprint density at radius 2 is 2.13 bits per heavy atom. The van der Waals surface area contributed by atoms with Gasteiger partial charge in [-0.3, -0.25) is 0 Å². The molecule has 0 bridgehead atoms. The molecule has 15 heavy (non-hydrogen) atoms. The first kappa shape index (κ1) is 9.27. The Kier molecular flexibility index (Phi) is 2.02. The average molecular weight is 222 g/mol. The van der Waals surface area contributed by atoms with E-state index < -0.39 is 0 Å². The van der Waals surface area contributed by atoms with E-state index in [2.05, 4.69) is 10.3 Å². The maximum Gasteiger partial charge on any atom is 0.143 e. The van der Waals surface area contributed by atoms with Gasteiger partial charge in [0.1, 0.15) is 10.7 Å². The highest BCUT2D eigenvalue weighted by Crippen LogP contribution is 2.42. The summed E-state index contributed by atoms with van der Waals surface area (Å²) >= 11 is 5.00. The Hall–Kier alpha value is -0.970. The molecule has 1 aromatic heterocycles. The van der Waals surface area contributed by atoms with Gasteiger partial charge < -0.3 is 5.73 Å². The van der Waals surface area contributed by atoms with Gasteiger partial charge in [-0.1, -0.05) is 17.4 Å². The molecule has 0 unspecified atom stereocenters. The van der Waals surface area contributed by atoms with Crippen LogP contribution >= 0.6 is 12.2 Å². The maximum absolute atomic E-state index is 5.66. The molecule has 2 aliphatic carbocycles. The van der Waals surface area contributed by atoms with Gasteiger partial charge in [0.25, 0.3) is 0 Å². The SMILES string of the molecule is NC(=S)c1nnn(CC2CC2)c1C1CC1. The first-order valence-corrected chi connectivity index (χ1v) is 5.89. The summed E-state index contributed by atoms with van der Waals surface area (Å²) in [6.07, 6.45) is 5.11. The lowest BCUT2D eigenvalue weighted by atomic mass is 10.2. The van der Waals surface area contributed by atoms with Gasteiger partial charge >= 0.3 is 0 Å². The van der Waals surface area contributed by atoms with E-state index in [1.807, 2.05) is 4.68 Å². The first-order chi connectivity index (χ1) is 7.25. The molecule has 0 atom stereocenters. The summed E-state index contributed by atoms with van der Waals surface area (Å²) in [5.41, 5.74) is 7.60. The van der Waals surface area contributed by atoms with E-state index in [0.29, 0.717) is 10.9 Å². The van der Waals surface area contributed by atoms with Crippen molar-refractivity contribution in [3.8, 4) is 0 Å². The number of hydrogen-bond acceptors (Lipinski definition) is 3. The fourth-order valence-electron chi connectivity index (χ4n) is 1.94. The third-order valence-electron chi connectivity index (χ3n) is 3.10. The molecule has 2 fully saturated rings. The summed E-state index contributed by atoms with van der Waals surface area (Å²) in [5.74, 6) is 1.42. The second kappa shape index (κ2) is 3.27. The Bertz CT molecular complexity index is 404. The van der Waals surface area contributed by atoms with Crippen molar-refractivity contribution in [3.05, 3.63) is 11.4 Å². The van der Waals surface area contributed by atoms with Crippen molar-refractivity contribution in [2.75, 3.05) is 0 Å². The van der Waals surface area contributed by atoms with Gasteiger partial charge in [-0.25, -0.2) is 4.68 Å². The van der Waals surface area contributed by atoms with Crippen molar-refractivity contribution in [3.63, 3.8) is 0 Å². The molecule has 0 amide bonds. The van der Waals surface area contributed by atoms with E-state index in [0.717, 1.165) is 18.2 Å². The van der Waals surface area contributed by atoms with Crippen LogP contribution in [0.15, 0.2) is 0 Å². The zero-order valence-corrected chi connectivity index (χ0v) is 9.33. The number of nitrogens with two attached hydrogens (primary N) is 1. The van der Waals surface area contributed by atoms with Crippen LogP contribution in [-0.2, 0) is 6.54 Å². The molecule has 4 nitrogen and oxygen atoms in total. The lowest BCUT2D eigenvalue weighted by Gasteiger charge is -2.04. The van der Waals surface area contributed by atoms with Crippen LogP contribution in [0.2, 0.25) is 0 Å². The van der Waals surface area contributed by atoms with E-state index in [1.54, 1.807) is 0 Å². The summed E-state index contributed by atoms with van der Waals surface area (Å²) in [7, 11) is 0. The number of nitrogens with zero attached hydrogens (tertiary/aromatic N) is 3. The van der Waals surface area contributed by atoms with E-state index >= 15 is 0 Å². The molecule has 3 rings (SSSR count). The molecule has 0 radical (unpaired) electrons. The van der Waals surface area contributed by atoms with Crippen LogP contribution < -0.4 is 5.73 Å². The quantitative estimate of drug-likeness (QED) is 0.778. The van der Waals surface area contributed by atoms with Crippen LogP contribution in [-0.4, -0.2) is 20.0 Å². The number of aromatic nitrogens is 3. The van der Waals surface area contributed by atoms with E-state index in [9.17, 15) is 0 Å². The normalized spacial score (nSPS) is 20.5. The van der Waals surface area contributed by atoms with Gasteiger partial charge in [-0.2, -0.15) is 0 Å². The Morgan fingerprint density at radius 1 is 1.40 bits per heavy atom. The molecule has 0 aliphatic heterocycles. The summed E-state index contributed by atoms with van der Waals surface area (Å²) in [5, 5.41) is 8.28. The molecule has 1 aromatic rings. The van der Waals surface area contributed by atoms with Crippen molar-refractivity contribution in [1.29, 1.82) is 0 Å². The van der Waals surface area contributed by atoms with Crippen LogP contribution in [0.4, 0.5) is 0 Å². The Balaban J connectivity index is 1.93. The summed E-state index contributed by atoms with van der Waals surface area (Å²) < 4.78 is 2.03. The van der Waals surface area contributed by atoms with Crippen molar-refractivity contribution in [2.45, 2.75) is 38.1 Å². The molecule has 2 N–H and O–H groups in total. The maximum atomic E-state index is 5.66. The highest BCUT2D eigenvalue weighted by Gasteiger charge is 2.33. The third-order valence-corrected chi connectivity index (χ3v) is 3.29. The average Bonchev–Trinajstić information content (AvgIpc) is 3.06. The van der Waals surface area contributed by atoms with Gasteiger partial charge in [0, 0.05) is 12.5 Å². The third kappa shape index (κ3) is 1.76. The molecule has 0 aromatic carbocycles. The van der Waals surface area contributed by atoms with Gasteiger partial charge in [0.15, 0.2) is 0 Å². The summed E-state index contributed by atoms with van der Waals surface area (Å²) in [6, 6.07) is 0. The van der Waals surface area contributed by atoms with Crippen LogP contribution in [0.1, 0.15) is 43.0 Å². The minimum atomic E-state index is 0.388. The number of thiocarbonyl (C=S) groups is 1. The van der Waals surface area contributed by atoms with Gasteiger partial charge in [0.2, 0.25) is 0 Å². The lowest BCUT2D eigenvalue weighted by Crippen LogP contribution is -2.14. The van der Waals surface area contributed by atoms with Crippen LogP contribution in [0.3, 0.4) is 0 Å². The van der Waals surface area contributed by atoms with Gasteiger partial charge in [-0.05, 0) is 31.6 Å². The van der Waals surface area contributed by atoms with Crippen molar-refractivity contribution < 1.29 is 0 Å². The zero-order chi connectivity index (χ0) is 10.4. The highest BCUT2D eigenvalue weighted by molar-refractivity contribution is 7.80. The van der Waals surface area contributed by atoms with E-state index in [4.69, 9.17) is 18.0 Å². The molecular weight excluding hydrogens is 208 g/mol. The first-order valence-electron chi connectivity index (χ1n) is 5.49. The van der Waals surface area contributed by atoms with Crippen molar-refractivity contribution in [1.82, 2.24) is 15.0 Å². The van der Waals surface area contributed by atoms with E-state index in [1.165, 1.54) is 31.4 Å². The molecule has 5 heteroatoms. The monoisotopic (exact) mass is 222 g/mol. The Labute approximate surface area is 93.8 Å². The Morgan fingerprint density at radius 3 is 2.67 bits per heavy atom. The second-order valence-corrected chi connectivity index (χ2v) is 5.03. The van der Waals surface area contributed by atoms with Crippen LogP contribution in [0.5, 0.6) is 0 Å². The summed E-state index contributed by atoms with van der Waals surface area (Å²) in [6.45, 7) is 1.00. The zero-order valence-electron chi connectivity index (χ0n) is 8.52. The second-order valence-electron chi connectivity index (χ2n) is 4.59. The van der Waals surface area contributed by atoms with Crippen LogP contribution in [0.25, 0.3) is 0 Å². The smallest absolute Gasteiger partial charge is 0.143 e. The standard InChI is InChI=1S/C10H14N4S/c11-10(15)8-9(7-3-4-7)14(13-12-8)5-6-1-2-6/h6-7H,1-5H2,(H2,11,15). The number of rotatable bonds is 4. The largest absolute Gasteiger partial charge is 0.388 e. The van der Waals surface area contributed by atoms with Crippen LogP contribution in [0, 0.1) is 5.92 Å². The van der Waals surface area contributed by atoms with Crippen molar-refractivity contribution >= 4 is 17.2 Å². The number of hydrogen-bond donors (Lipinski definition) is 1. The fraction of sp³-hybridized carbons (Fsp3) is 0.700. The lowest BCUT2D eigenvalue weighted by molar-refractivity contribution is 0.524. The molecule has 1 heterocycles. The van der Waals surface area contributed by atoms with Crippen molar-refractivity contribution in [2.24, 2.45) is 11.7 Å². The highest BCUT2D eigenvalue weighted by atomic mass is 32.1. The molecular formula is C10H14N4S. The summed E-state index contributed by atoms with van der Waals surface area (Å²) in [4.78, 5) is 0.388. The van der Waals surface area contributed by atoms with Gasteiger partial charge in [-0.15, -0.1) is 5.10 Å². The molecule has 0 saturated heterocycles. The predicted molar refractivity (Wildman–Crippen MR) is 60.6 cm³/mol. The molecule has 0 spiro atoms. The molecule has 2 aliphatic rings. The topological polar surface area (TPSA) is 56.7 Å². The fourth-order valence-corrected chi connectivity index (χ4v) is 2.08. The van der Waals surface area contributed by atoms with E-state index in [-0.39, 0.29) is 0 Å². The minimum absolute atomic E-state index is 0.388.